The van der Waals surface area contributed by atoms with Crippen molar-refractivity contribution in [1.29, 1.82) is 0 Å². The molecule has 0 aliphatic carbocycles. The van der Waals surface area contributed by atoms with Crippen LogP contribution >= 0.6 is 15.9 Å². The highest BCUT2D eigenvalue weighted by molar-refractivity contribution is 9.10. The Hall–Kier alpha value is -0.580. The van der Waals surface area contributed by atoms with Gasteiger partial charge >= 0.3 is 0 Å². The Bertz CT molecular complexity index is 382. The van der Waals surface area contributed by atoms with E-state index in [-0.39, 0.29) is 6.04 Å². The minimum Gasteiger partial charge on any atom is -0.508 e. The molecule has 0 fully saturated rings. The number of nitrogens with zero attached hydrogens (tertiary/aromatic N) is 1. The van der Waals surface area contributed by atoms with Crippen molar-refractivity contribution in [2.75, 3.05) is 20.3 Å². The molecule has 0 spiro atoms. The molecule has 0 heterocycles. The minimum atomic E-state index is 0.151. The molecule has 1 N–H and O–H groups in total. The average molecular weight is 316 g/mol. The largest absolute Gasteiger partial charge is 0.508 e. The molecule has 102 valence electrons. The van der Waals surface area contributed by atoms with Gasteiger partial charge in [0.2, 0.25) is 0 Å². The molecule has 0 saturated carbocycles. The van der Waals surface area contributed by atoms with E-state index in [4.69, 9.17) is 4.74 Å². The third-order valence-corrected chi connectivity index (χ3v) is 3.65. The third kappa shape index (κ3) is 3.97. The summed E-state index contributed by atoms with van der Waals surface area (Å²) in [6.45, 7) is 7.96. The summed E-state index contributed by atoms with van der Waals surface area (Å²) in [5, 5.41) is 9.98. The Morgan fingerprint density at radius 2 is 2.00 bits per heavy atom. The van der Waals surface area contributed by atoms with Crippen molar-refractivity contribution in [3.8, 4) is 5.75 Å². The molecule has 3 nitrogen and oxygen atoms in total. The van der Waals surface area contributed by atoms with E-state index in [1.807, 2.05) is 12.1 Å². The fourth-order valence-electron chi connectivity index (χ4n) is 2.13. The summed E-state index contributed by atoms with van der Waals surface area (Å²) in [6, 6.07) is 6.10. The summed E-state index contributed by atoms with van der Waals surface area (Å²) in [5.41, 5.74) is 0.939. The van der Waals surface area contributed by atoms with Gasteiger partial charge in [0.05, 0.1) is 6.61 Å². The van der Waals surface area contributed by atoms with E-state index in [2.05, 4.69) is 41.6 Å². The van der Waals surface area contributed by atoms with E-state index in [1.165, 1.54) is 0 Å². The lowest BCUT2D eigenvalue weighted by molar-refractivity contribution is 0.101. The van der Waals surface area contributed by atoms with Crippen LogP contribution in [-0.4, -0.2) is 36.3 Å². The van der Waals surface area contributed by atoms with Gasteiger partial charge in [-0.15, -0.1) is 0 Å². The van der Waals surface area contributed by atoms with Crippen LogP contribution in [0.15, 0.2) is 22.7 Å². The maximum Gasteiger partial charge on any atom is 0.120 e. The molecule has 0 amide bonds. The number of ether oxygens (including phenoxy) is 1. The SMILES string of the molecule is COCCN(C(C)C)C(C)c1cc(Br)ccc1O. The predicted octanol–water partition coefficient (Wildman–Crippen LogP) is 3.57. The number of benzene rings is 1. The van der Waals surface area contributed by atoms with E-state index >= 15 is 0 Å². The van der Waals surface area contributed by atoms with Gasteiger partial charge in [-0.1, -0.05) is 15.9 Å². The molecule has 18 heavy (non-hydrogen) atoms. The first-order valence-electron chi connectivity index (χ1n) is 6.20. The summed E-state index contributed by atoms with van der Waals surface area (Å²) in [4.78, 5) is 2.31. The van der Waals surface area contributed by atoms with Crippen LogP contribution in [0.4, 0.5) is 0 Å². The van der Waals surface area contributed by atoms with Gasteiger partial charge in [-0.25, -0.2) is 0 Å². The zero-order valence-electron chi connectivity index (χ0n) is 11.5. The van der Waals surface area contributed by atoms with E-state index in [0.717, 1.165) is 16.6 Å². The van der Waals surface area contributed by atoms with Crippen LogP contribution in [-0.2, 0) is 4.74 Å². The van der Waals surface area contributed by atoms with Crippen molar-refractivity contribution in [2.45, 2.75) is 32.9 Å². The van der Waals surface area contributed by atoms with E-state index < -0.39 is 0 Å². The van der Waals surface area contributed by atoms with Crippen LogP contribution in [0.2, 0.25) is 0 Å². The van der Waals surface area contributed by atoms with Crippen molar-refractivity contribution in [1.82, 2.24) is 4.90 Å². The number of phenols is 1. The maximum absolute atomic E-state index is 9.98. The average Bonchev–Trinajstić information content (AvgIpc) is 2.32. The highest BCUT2D eigenvalue weighted by Crippen LogP contribution is 2.31. The van der Waals surface area contributed by atoms with Crippen molar-refractivity contribution >= 4 is 15.9 Å². The van der Waals surface area contributed by atoms with Crippen molar-refractivity contribution in [2.24, 2.45) is 0 Å². The monoisotopic (exact) mass is 315 g/mol. The van der Waals surface area contributed by atoms with E-state index in [0.29, 0.717) is 18.4 Å². The highest BCUT2D eigenvalue weighted by atomic mass is 79.9. The second-order valence-electron chi connectivity index (χ2n) is 4.70. The zero-order valence-corrected chi connectivity index (χ0v) is 13.1. The molecular weight excluding hydrogens is 294 g/mol. The van der Waals surface area contributed by atoms with Crippen LogP contribution < -0.4 is 0 Å². The number of hydrogen-bond donors (Lipinski definition) is 1. The first kappa shape index (κ1) is 15.5. The summed E-state index contributed by atoms with van der Waals surface area (Å²) < 4.78 is 6.13. The first-order chi connectivity index (χ1) is 8.47. The Morgan fingerprint density at radius 3 is 2.56 bits per heavy atom. The summed E-state index contributed by atoms with van der Waals surface area (Å²) in [7, 11) is 1.71. The minimum absolute atomic E-state index is 0.151. The number of phenolic OH excluding ortho intramolecular Hbond substituents is 1. The number of hydrogen-bond acceptors (Lipinski definition) is 3. The number of halogens is 1. The third-order valence-electron chi connectivity index (χ3n) is 3.15. The first-order valence-corrected chi connectivity index (χ1v) is 6.99. The molecule has 0 radical (unpaired) electrons. The van der Waals surface area contributed by atoms with Crippen LogP contribution in [0.5, 0.6) is 5.75 Å². The lowest BCUT2D eigenvalue weighted by Gasteiger charge is -2.33. The van der Waals surface area contributed by atoms with Gasteiger partial charge in [-0.05, 0) is 39.0 Å². The topological polar surface area (TPSA) is 32.7 Å². The molecule has 0 bridgehead atoms. The summed E-state index contributed by atoms with van der Waals surface area (Å²) in [5.74, 6) is 0.341. The van der Waals surface area contributed by atoms with Gasteiger partial charge in [0.15, 0.2) is 0 Å². The van der Waals surface area contributed by atoms with Gasteiger partial charge in [0.1, 0.15) is 5.75 Å². The van der Waals surface area contributed by atoms with E-state index in [1.54, 1.807) is 13.2 Å². The van der Waals surface area contributed by atoms with Crippen LogP contribution in [0.1, 0.15) is 32.4 Å². The molecule has 1 rings (SSSR count). The maximum atomic E-state index is 9.98. The molecule has 1 aromatic carbocycles. The standard InChI is InChI=1S/C14H22BrNO2/c1-10(2)16(7-8-18-4)11(3)13-9-12(15)5-6-14(13)17/h5-6,9-11,17H,7-8H2,1-4H3. The summed E-state index contributed by atoms with van der Waals surface area (Å²) in [6.07, 6.45) is 0. The lowest BCUT2D eigenvalue weighted by Crippen LogP contribution is -2.36. The zero-order chi connectivity index (χ0) is 13.7. The summed E-state index contributed by atoms with van der Waals surface area (Å²) >= 11 is 3.45. The van der Waals surface area contributed by atoms with Gasteiger partial charge in [-0.2, -0.15) is 0 Å². The van der Waals surface area contributed by atoms with E-state index in [9.17, 15) is 5.11 Å². The Balaban J connectivity index is 2.93. The van der Waals surface area contributed by atoms with Crippen molar-refractivity contribution < 1.29 is 9.84 Å². The van der Waals surface area contributed by atoms with Gasteiger partial charge in [0, 0.05) is 35.8 Å². The van der Waals surface area contributed by atoms with Crippen LogP contribution in [0.25, 0.3) is 0 Å². The van der Waals surface area contributed by atoms with Crippen molar-refractivity contribution in [3.63, 3.8) is 0 Å². The quantitative estimate of drug-likeness (QED) is 0.871. The van der Waals surface area contributed by atoms with Crippen molar-refractivity contribution in [3.05, 3.63) is 28.2 Å². The highest BCUT2D eigenvalue weighted by Gasteiger charge is 2.21. The molecule has 0 aliphatic rings. The molecule has 0 aliphatic heterocycles. The smallest absolute Gasteiger partial charge is 0.120 e. The second kappa shape index (κ2) is 7.12. The number of methoxy groups -OCH3 is 1. The lowest BCUT2D eigenvalue weighted by atomic mass is 10.0. The van der Waals surface area contributed by atoms with Gasteiger partial charge < -0.3 is 9.84 Å². The Morgan fingerprint density at radius 1 is 1.33 bits per heavy atom. The molecule has 0 saturated heterocycles. The van der Waals surface area contributed by atoms with Gasteiger partial charge in [-0.3, -0.25) is 4.90 Å². The van der Waals surface area contributed by atoms with Crippen LogP contribution in [0.3, 0.4) is 0 Å². The molecule has 1 aromatic rings. The van der Waals surface area contributed by atoms with Crippen LogP contribution in [0, 0.1) is 0 Å². The van der Waals surface area contributed by atoms with Gasteiger partial charge in [0.25, 0.3) is 0 Å². The normalized spacial score (nSPS) is 13.3. The molecule has 4 heteroatoms. The number of aromatic hydroxyl groups is 1. The Kier molecular flexibility index (Phi) is 6.12. The molecule has 0 aromatic heterocycles. The molecule has 1 atom stereocenters. The fraction of sp³-hybridized carbons (Fsp3) is 0.571. The molecule has 1 unspecified atom stereocenters. The Labute approximate surface area is 118 Å². The second-order valence-corrected chi connectivity index (χ2v) is 5.62. The number of rotatable bonds is 6. The fourth-order valence-corrected chi connectivity index (χ4v) is 2.51. The predicted molar refractivity (Wildman–Crippen MR) is 77.9 cm³/mol. The molecular formula is C14H22BrNO2.